The van der Waals surface area contributed by atoms with E-state index in [2.05, 4.69) is 0 Å². The van der Waals surface area contributed by atoms with Gasteiger partial charge in [-0.25, -0.2) is 0 Å². The summed E-state index contributed by atoms with van der Waals surface area (Å²) in [5, 5.41) is 19.3. The average molecular weight is 286 g/mol. The lowest BCUT2D eigenvalue weighted by atomic mass is 10.1. The lowest BCUT2D eigenvalue weighted by Gasteiger charge is -2.30. The van der Waals surface area contributed by atoms with Gasteiger partial charge >= 0.3 is 0 Å². The monoisotopic (exact) mass is 285 g/mol. The lowest BCUT2D eigenvalue weighted by Crippen LogP contribution is -2.41. The molecule has 0 aliphatic rings. The number of aliphatic hydroxyl groups excluding tert-OH is 1. The largest absolute Gasteiger partial charge is 0.507 e. The summed E-state index contributed by atoms with van der Waals surface area (Å²) in [5.41, 5.74) is 0.213. The van der Waals surface area contributed by atoms with E-state index in [4.69, 9.17) is 16.7 Å². The van der Waals surface area contributed by atoms with Crippen molar-refractivity contribution < 1.29 is 15.0 Å². The summed E-state index contributed by atoms with van der Waals surface area (Å²) in [7, 11) is 0. The normalized spacial score (nSPS) is 10.8. The summed E-state index contributed by atoms with van der Waals surface area (Å²) in [6.07, 6.45) is 1.60. The Labute approximate surface area is 118 Å². The SMILES string of the molecule is CCC(CC)N(CCO)C(=O)c1ccc(Cl)cc1O. The predicted molar refractivity (Wildman–Crippen MR) is 75.6 cm³/mol. The molecule has 2 N–H and O–H groups in total. The third-order valence-corrected chi connectivity index (χ3v) is 3.41. The molecule has 1 aromatic carbocycles. The third-order valence-electron chi connectivity index (χ3n) is 3.18. The van der Waals surface area contributed by atoms with Gasteiger partial charge in [-0.15, -0.1) is 0 Å². The molecule has 4 nitrogen and oxygen atoms in total. The summed E-state index contributed by atoms with van der Waals surface area (Å²) in [4.78, 5) is 14.0. The van der Waals surface area contributed by atoms with E-state index < -0.39 is 0 Å². The molecule has 0 unspecified atom stereocenters. The number of hydrogen-bond acceptors (Lipinski definition) is 3. The second-order valence-corrected chi connectivity index (χ2v) is 4.79. The number of aliphatic hydroxyl groups is 1. The molecule has 1 aromatic rings. The Balaban J connectivity index is 3.04. The first-order valence-corrected chi connectivity index (χ1v) is 6.83. The summed E-state index contributed by atoms with van der Waals surface area (Å²) in [6.45, 7) is 4.14. The zero-order valence-electron chi connectivity index (χ0n) is 11.3. The molecular weight excluding hydrogens is 266 g/mol. The van der Waals surface area contributed by atoms with Crippen LogP contribution >= 0.6 is 11.6 Å². The van der Waals surface area contributed by atoms with Gasteiger partial charge in [0.1, 0.15) is 5.75 Å². The highest BCUT2D eigenvalue weighted by Gasteiger charge is 2.24. The van der Waals surface area contributed by atoms with Crippen LogP contribution in [0.3, 0.4) is 0 Å². The van der Waals surface area contributed by atoms with Crippen molar-refractivity contribution in [3.63, 3.8) is 0 Å². The van der Waals surface area contributed by atoms with Crippen LogP contribution in [0.4, 0.5) is 0 Å². The minimum absolute atomic E-state index is 0.0507. The summed E-state index contributed by atoms with van der Waals surface area (Å²) < 4.78 is 0. The molecule has 0 bridgehead atoms. The number of phenolic OH excluding ortho intramolecular Hbond substituents is 1. The number of benzene rings is 1. The topological polar surface area (TPSA) is 60.8 Å². The first-order chi connectivity index (χ1) is 9.04. The fourth-order valence-corrected chi connectivity index (χ4v) is 2.29. The summed E-state index contributed by atoms with van der Waals surface area (Å²) in [5.74, 6) is -0.414. The Morgan fingerprint density at radius 3 is 2.47 bits per heavy atom. The van der Waals surface area contributed by atoms with Crippen molar-refractivity contribution in [2.45, 2.75) is 32.7 Å². The van der Waals surface area contributed by atoms with Gasteiger partial charge < -0.3 is 15.1 Å². The third kappa shape index (κ3) is 3.85. The maximum Gasteiger partial charge on any atom is 0.257 e. The highest BCUT2D eigenvalue weighted by atomic mass is 35.5. The maximum atomic E-state index is 12.4. The number of nitrogens with zero attached hydrogens (tertiary/aromatic N) is 1. The summed E-state index contributed by atoms with van der Waals surface area (Å²) in [6, 6.07) is 4.47. The minimum Gasteiger partial charge on any atom is -0.507 e. The van der Waals surface area contributed by atoms with Crippen LogP contribution in [0, 0.1) is 0 Å². The quantitative estimate of drug-likeness (QED) is 0.845. The zero-order valence-corrected chi connectivity index (χ0v) is 12.0. The van der Waals surface area contributed by atoms with Crippen LogP contribution in [-0.2, 0) is 0 Å². The van der Waals surface area contributed by atoms with E-state index >= 15 is 0 Å². The average Bonchev–Trinajstić information content (AvgIpc) is 2.38. The van der Waals surface area contributed by atoms with Crippen LogP contribution in [-0.4, -0.2) is 40.2 Å². The number of aromatic hydroxyl groups is 1. The number of carbonyl (C=O) groups excluding carboxylic acids is 1. The Morgan fingerprint density at radius 1 is 1.37 bits per heavy atom. The van der Waals surface area contributed by atoms with Crippen molar-refractivity contribution in [3.05, 3.63) is 28.8 Å². The first-order valence-electron chi connectivity index (χ1n) is 6.45. The molecule has 0 spiro atoms. The highest BCUT2D eigenvalue weighted by molar-refractivity contribution is 6.30. The van der Waals surface area contributed by atoms with Crippen LogP contribution in [0.2, 0.25) is 5.02 Å². The second-order valence-electron chi connectivity index (χ2n) is 4.35. The van der Waals surface area contributed by atoms with Gasteiger partial charge in [-0.3, -0.25) is 4.79 Å². The van der Waals surface area contributed by atoms with E-state index in [0.717, 1.165) is 12.8 Å². The predicted octanol–water partition coefficient (Wildman–Crippen LogP) is 2.67. The molecule has 0 heterocycles. The number of amides is 1. The molecule has 0 fully saturated rings. The van der Waals surface area contributed by atoms with Crippen LogP contribution in [0.15, 0.2) is 18.2 Å². The molecule has 1 amide bonds. The molecule has 0 radical (unpaired) electrons. The van der Waals surface area contributed by atoms with Crippen LogP contribution in [0.25, 0.3) is 0 Å². The molecule has 0 aliphatic carbocycles. The van der Waals surface area contributed by atoms with E-state index in [9.17, 15) is 9.90 Å². The molecule has 0 atom stereocenters. The van der Waals surface area contributed by atoms with Gasteiger partial charge in [0, 0.05) is 17.6 Å². The molecule has 0 aromatic heterocycles. The van der Waals surface area contributed by atoms with E-state index in [1.165, 1.54) is 12.1 Å². The zero-order chi connectivity index (χ0) is 14.4. The van der Waals surface area contributed by atoms with Crippen LogP contribution < -0.4 is 0 Å². The number of carbonyl (C=O) groups is 1. The van der Waals surface area contributed by atoms with Gasteiger partial charge in [-0.1, -0.05) is 25.4 Å². The Kier molecular flexibility index (Phi) is 6.12. The molecule has 0 saturated carbocycles. The van der Waals surface area contributed by atoms with Crippen molar-refractivity contribution in [2.75, 3.05) is 13.2 Å². The molecule has 19 heavy (non-hydrogen) atoms. The summed E-state index contributed by atoms with van der Waals surface area (Å²) >= 11 is 5.75. The minimum atomic E-state index is -0.281. The molecule has 106 valence electrons. The van der Waals surface area contributed by atoms with Crippen molar-refractivity contribution in [2.24, 2.45) is 0 Å². The number of halogens is 1. The van der Waals surface area contributed by atoms with E-state index in [0.29, 0.717) is 5.02 Å². The van der Waals surface area contributed by atoms with E-state index in [-0.39, 0.29) is 36.4 Å². The van der Waals surface area contributed by atoms with Crippen molar-refractivity contribution in [1.29, 1.82) is 0 Å². The van der Waals surface area contributed by atoms with Crippen molar-refractivity contribution in [1.82, 2.24) is 4.90 Å². The maximum absolute atomic E-state index is 12.4. The fraction of sp³-hybridized carbons (Fsp3) is 0.500. The first kappa shape index (κ1) is 15.8. The van der Waals surface area contributed by atoms with Gasteiger partial charge in [0.15, 0.2) is 0 Å². The van der Waals surface area contributed by atoms with Gasteiger partial charge in [0.05, 0.1) is 12.2 Å². The molecule has 5 heteroatoms. The number of phenols is 1. The van der Waals surface area contributed by atoms with Crippen LogP contribution in [0.1, 0.15) is 37.0 Å². The van der Waals surface area contributed by atoms with E-state index in [1.807, 2.05) is 13.8 Å². The number of hydrogen-bond donors (Lipinski definition) is 2. The Hall–Kier alpha value is -1.26. The Bertz CT molecular complexity index is 433. The van der Waals surface area contributed by atoms with Crippen molar-refractivity contribution in [3.8, 4) is 5.75 Å². The van der Waals surface area contributed by atoms with Gasteiger partial charge in [-0.05, 0) is 31.0 Å². The lowest BCUT2D eigenvalue weighted by molar-refractivity contribution is 0.0619. The number of rotatable bonds is 6. The smallest absolute Gasteiger partial charge is 0.257 e. The van der Waals surface area contributed by atoms with Crippen LogP contribution in [0.5, 0.6) is 5.75 Å². The second kappa shape index (κ2) is 7.36. The van der Waals surface area contributed by atoms with Crippen molar-refractivity contribution >= 4 is 17.5 Å². The van der Waals surface area contributed by atoms with Gasteiger partial charge in [0.25, 0.3) is 5.91 Å². The van der Waals surface area contributed by atoms with Gasteiger partial charge in [0.2, 0.25) is 0 Å². The highest BCUT2D eigenvalue weighted by Crippen LogP contribution is 2.24. The molecule has 0 saturated heterocycles. The Morgan fingerprint density at radius 2 is 2.00 bits per heavy atom. The van der Waals surface area contributed by atoms with Gasteiger partial charge in [-0.2, -0.15) is 0 Å². The standard InChI is InChI=1S/C14H20ClNO3/c1-3-11(4-2)16(7-8-17)14(19)12-6-5-10(15)9-13(12)18/h5-6,9,11,17-18H,3-4,7-8H2,1-2H3. The molecule has 0 aliphatic heterocycles. The molecule has 1 rings (SSSR count). The fourth-order valence-electron chi connectivity index (χ4n) is 2.13. The molecular formula is C14H20ClNO3. The van der Waals surface area contributed by atoms with E-state index in [1.54, 1.807) is 11.0 Å².